The van der Waals surface area contributed by atoms with Gasteiger partial charge in [0, 0.05) is 4.47 Å². The molecule has 4 aromatic rings. The Morgan fingerprint density at radius 3 is 2.56 bits per heavy atom. The van der Waals surface area contributed by atoms with Crippen LogP contribution in [0, 0.1) is 0 Å². The van der Waals surface area contributed by atoms with Crippen LogP contribution in [0.25, 0.3) is 22.0 Å². The largest absolute Gasteiger partial charge is 0.488 e. The molecule has 0 aliphatic rings. The van der Waals surface area contributed by atoms with Crippen LogP contribution in [0.5, 0.6) is 5.75 Å². The highest BCUT2D eigenvalue weighted by Gasteiger charge is 2.16. The fourth-order valence-electron chi connectivity index (χ4n) is 2.82. The van der Waals surface area contributed by atoms with Gasteiger partial charge in [-0.1, -0.05) is 58.4 Å². The van der Waals surface area contributed by atoms with Gasteiger partial charge in [0.15, 0.2) is 0 Å². The van der Waals surface area contributed by atoms with E-state index in [1.54, 1.807) is 6.26 Å². The van der Waals surface area contributed by atoms with Crippen LogP contribution in [-0.4, -0.2) is 4.98 Å². The summed E-state index contributed by atoms with van der Waals surface area (Å²) in [6, 6.07) is 20.2. The summed E-state index contributed by atoms with van der Waals surface area (Å²) in [5.41, 5.74) is 8.30. The van der Waals surface area contributed by atoms with Crippen LogP contribution in [0.2, 0.25) is 0 Å². The predicted octanol–water partition coefficient (Wildman–Crippen LogP) is 5.42. The van der Waals surface area contributed by atoms with Crippen LogP contribution in [0.1, 0.15) is 5.56 Å². The monoisotopic (exact) mass is 394 g/mol. The first kappa shape index (κ1) is 15.7. The first-order chi connectivity index (χ1) is 12.2. The van der Waals surface area contributed by atoms with Gasteiger partial charge in [-0.3, -0.25) is 0 Å². The molecule has 0 bridgehead atoms. The van der Waals surface area contributed by atoms with Crippen molar-refractivity contribution < 1.29 is 9.15 Å². The predicted molar refractivity (Wildman–Crippen MR) is 102 cm³/mol. The number of benzene rings is 3. The van der Waals surface area contributed by atoms with Crippen molar-refractivity contribution in [1.29, 1.82) is 0 Å². The second-order valence-corrected chi connectivity index (χ2v) is 6.47. The van der Waals surface area contributed by atoms with Crippen molar-refractivity contribution in [1.82, 2.24) is 4.98 Å². The standard InChI is InChI=1S/C20H15BrN2O2/c21-16-8-4-7-15-14(16)9-10-18(19(15)17-12-25-20(22)23-17)24-11-13-5-2-1-3-6-13/h1-10,12H,11H2,(H2,22,23). The average molecular weight is 395 g/mol. The van der Waals surface area contributed by atoms with Crippen molar-refractivity contribution >= 4 is 32.7 Å². The smallest absolute Gasteiger partial charge is 0.292 e. The molecule has 0 atom stereocenters. The molecule has 124 valence electrons. The van der Waals surface area contributed by atoms with Gasteiger partial charge in [-0.25, -0.2) is 0 Å². The Hall–Kier alpha value is -2.79. The molecular weight excluding hydrogens is 380 g/mol. The molecule has 5 heteroatoms. The van der Waals surface area contributed by atoms with Crippen molar-refractivity contribution in [3.8, 4) is 17.0 Å². The van der Waals surface area contributed by atoms with Gasteiger partial charge < -0.3 is 14.9 Å². The van der Waals surface area contributed by atoms with Crippen LogP contribution >= 0.6 is 15.9 Å². The summed E-state index contributed by atoms with van der Waals surface area (Å²) in [5, 5.41) is 2.10. The van der Waals surface area contributed by atoms with E-state index in [0.29, 0.717) is 12.3 Å². The van der Waals surface area contributed by atoms with Gasteiger partial charge in [-0.05, 0) is 34.5 Å². The van der Waals surface area contributed by atoms with Crippen LogP contribution < -0.4 is 10.5 Å². The zero-order valence-corrected chi connectivity index (χ0v) is 14.9. The van der Waals surface area contributed by atoms with Crippen molar-refractivity contribution in [2.24, 2.45) is 0 Å². The zero-order chi connectivity index (χ0) is 17.2. The maximum Gasteiger partial charge on any atom is 0.292 e. The molecule has 2 N–H and O–H groups in total. The summed E-state index contributed by atoms with van der Waals surface area (Å²) < 4.78 is 12.3. The maximum atomic E-state index is 6.10. The molecule has 4 rings (SSSR count). The Labute approximate surface area is 153 Å². The lowest BCUT2D eigenvalue weighted by Crippen LogP contribution is -1.98. The Bertz CT molecular complexity index is 1030. The number of oxazole rings is 1. The number of nitrogen functional groups attached to an aromatic ring is 1. The molecule has 4 nitrogen and oxygen atoms in total. The zero-order valence-electron chi connectivity index (χ0n) is 13.3. The summed E-state index contributed by atoms with van der Waals surface area (Å²) in [7, 11) is 0. The van der Waals surface area contributed by atoms with E-state index in [1.165, 1.54) is 0 Å². The van der Waals surface area contributed by atoms with Gasteiger partial charge in [0.2, 0.25) is 0 Å². The SMILES string of the molecule is Nc1nc(-c2c(OCc3ccccc3)ccc3c(Br)cccc23)co1. The van der Waals surface area contributed by atoms with Gasteiger partial charge in [-0.2, -0.15) is 4.98 Å². The fraction of sp³-hybridized carbons (Fsp3) is 0.0500. The number of nitrogens with two attached hydrogens (primary N) is 1. The van der Waals surface area contributed by atoms with E-state index in [1.807, 2.05) is 60.7 Å². The highest BCUT2D eigenvalue weighted by atomic mass is 79.9. The highest BCUT2D eigenvalue weighted by molar-refractivity contribution is 9.10. The second-order valence-electron chi connectivity index (χ2n) is 5.62. The van der Waals surface area contributed by atoms with E-state index in [0.717, 1.165) is 32.1 Å². The number of nitrogens with zero attached hydrogens (tertiary/aromatic N) is 1. The lowest BCUT2D eigenvalue weighted by Gasteiger charge is -2.13. The summed E-state index contributed by atoms with van der Waals surface area (Å²) in [4.78, 5) is 4.29. The third-order valence-electron chi connectivity index (χ3n) is 3.99. The summed E-state index contributed by atoms with van der Waals surface area (Å²) >= 11 is 3.60. The lowest BCUT2D eigenvalue weighted by atomic mass is 10.0. The lowest BCUT2D eigenvalue weighted by molar-refractivity contribution is 0.308. The van der Waals surface area contributed by atoms with Gasteiger partial charge in [0.25, 0.3) is 6.01 Å². The maximum absolute atomic E-state index is 6.10. The molecule has 0 fully saturated rings. The number of aromatic nitrogens is 1. The second kappa shape index (κ2) is 6.61. The molecule has 0 amide bonds. The molecule has 25 heavy (non-hydrogen) atoms. The van der Waals surface area contributed by atoms with E-state index >= 15 is 0 Å². The fourth-order valence-corrected chi connectivity index (χ4v) is 3.32. The Morgan fingerprint density at radius 1 is 0.960 bits per heavy atom. The minimum absolute atomic E-state index is 0.135. The molecule has 1 aromatic heterocycles. The van der Waals surface area contributed by atoms with Crippen molar-refractivity contribution in [2.75, 3.05) is 5.73 Å². The van der Waals surface area contributed by atoms with E-state index in [2.05, 4.69) is 20.9 Å². The van der Waals surface area contributed by atoms with Gasteiger partial charge in [0.1, 0.15) is 24.3 Å². The van der Waals surface area contributed by atoms with Crippen LogP contribution in [0.3, 0.4) is 0 Å². The molecule has 3 aromatic carbocycles. The number of hydrogen-bond acceptors (Lipinski definition) is 4. The van der Waals surface area contributed by atoms with E-state index in [4.69, 9.17) is 14.9 Å². The van der Waals surface area contributed by atoms with E-state index in [-0.39, 0.29) is 6.01 Å². The Balaban J connectivity index is 1.83. The first-order valence-corrected chi connectivity index (χ1v) is 8.61. The normalized spacial score (nSPS) is 10.9. The van der Waals surface area contributed by atoms with Gasteiger partial charge >= 0.3 is 0 Å². The molecular formula is C20H15BrN2O2. The number of anilines is 1. The number of rotatable bonds is 4. The molecule has 0 aliphatic heterocycles. The van der Waals surface area contributed by atoms with E-state index < -0.39 is 0 Å². The van der Waals surface area contributed by atoms with Crippen LogP contribution in [0.15, 0.2) is 75.8 Å². The molecule has 0 radical (unpaired) electrons. The van der Waals surface area contributed by atoms with Gasteiger partial charge in [0.05, 0.1) is 5.56 Å². The van der Waals surface area contributed by atoms with Crippen molar-refractivity contribution in [3.05, 3.63) is 77.0 Å². The highest BCUT2D eigenvalue weighted by Crippen LogP contribution is 2.39. The third kappa shape index (κ3) is 3.10. The molecule has 0 spiro atoms. The van der Waals surface area contributed by atoms with Crippen molar-refractivity contribution in [3.63, 3.8) is 0 Å². The molecule has 0 unspecified atom stereocenters. The van der Waals surface area contributed by atoms with Gasteiger partial charge in [-0.15, -0.1) is 0 Å². The molecule has 0 saturated carbocycles. The van der Waals surface area contributed by atoms with Crippen LogP contribution in [-0.2, 0) is 6.61 Å². The number of halogens is 1. The topological polar surface area (TPSA) is 61.3 Å². The Morgan fingerprint density at radius 2 is 1.80 bits per heavy atom. The van der Waals surface area contributed by atoms with Crippen molar-refractivity contribution in [2.45, 2.75) is 6.61 Å². The minimum atomic E-state index is 0.135. The quantitative estimate of drug-likeness (QED) is 0.501. The first-order valence-electron chi connectivity index (χ1n) is 7.82. The minimum Gasteiger partial charge on any atom is -0.488 e. The number of hydrogen-bond donors (Lipinski definition) is 1. The molecule has 1 heterocycles. The number of fused-ring (bicyclic) bond motifs is 1. The average Bonchev–Trinajstić information content (AvgIpc) is 3.06. The van der Waals surface area contributed by atoms with E-state index in [9.17, 15) is 0 Å². The Kier molecular flexibility index (Phi) is 4.15. The van der Waals surface area contributed by atoms with Crippen LogP contribution in [0.4, 0.5) is 6.01 Å². The number of ether oxygens (including phenoxy) is 1. The summed E-state index contributed by atoms with van der Waals surface area (Å²) in [6.07, 6.45) is 1.56. The summed E-state index contributed by atoms with van der Waals surface area (Å²) in [5.74, 6) is 0.739. The molecule has 0 saturated heterocycles. The third-order valence-corrected chi connectivity index (χ3v) is 4.68. The summed E-state index contributed by atoms with van der Waals surface area (Å²) in [6.45, 7) is 0.473. The molecule has 0 aliphatic carbocycles.